The molecule has 0 bridgehead atoms. The molecule has 1 aliphatic heterocycles. The van der Waals surface area contributed by atoms with Gasteiger partial charge in [-0.3, -0.25) is 0 Å². The molecule has 76 valence electrons. The summed E-state index contributed by atoms with van der Waals surface area (Å²) in [5.74, 6) is 0.820. The van der Waals surface area contributed by atoms with Crippen molar-refractivity contribution in [3.63, 3.8) is 0 Å². The van der Waals surface area contributed by atoms with Crippen LogP contribution in [0, 0.1) is 0 Å². The molecule has 1 fully saturated rings. The van der Waals surface area contributed by atoms with Gasteiger partial charge in [-0.2, -0.15) is 0 Å². The number of nitrogens with zero attached hydrogens (tertiary/aromatic N) is 3. The summed E-state index contributed by atoms with van der Waals surface area (Å²) in [6.45, 7) is 2.15. The molecular weight excluding hydrogens is 176 g/mol. The molecule has 0 amide bonds. The largest absolute Gasteiger partial charge is 0.396 e. The van der Waals surface area contributed by atoms with Crippen LogP contribution in [-0.2, 0) is 0 Å². The fraction of sp³-hybridized carbons (Fsp3) is 0.600. The Morgan fingerprint density at radius 3 is 2.14 bits per heavy atom. The van der Waals surface area contributed by atoms with Crippen molar-refractivity contribution in [3.8, 4) is 0 Å². The molecule has 0 radical (unpaired) electrons. The maximum absolute atomic E-state index is 5.54. The molecule has 1 aromatic heterocycles. The third-order valence-electron chi connectivity index (χ3n) is 2.55. The lowest BCUT2D eigenvalue weighted by Crippen LogP contribution is -2.25. The fourth-order valence-corrected chi connectivity index (χ4v) is 1.77. The summed E-state index contributed by atoms with van der Waals surface area (Å²) in [6.07, 6.45) is 8.48. The number of anilines is 2. The smallest absolute Gasteiger partial charge is 0.225 e. The van der Waals surface area contributed by atoms with Gasteiger partial charge in [-0.25, -0.2) is 9.97 Å². The van der Waals surface area contributed by atoms with Gasteiger partial charge in [0.15, 0.2) is 0 Å². The first kappa shape index (κ1) is 9.24. The molecule has 2 N–H and O–H groups in total. The summed E-state index contributed by atoms with van der Waals surface area (Å²) >= 11 is 0. The zero-order valence-electron chi connectivity index (χ0n) is 8.32. The van der Waals surface area contributed by atoms with Gasteiger partial charge in [-0.15, -0.1) is 0 Å². The minimum absolute atomic E-state index is 0.628. The van der Waals surface area contributed by atoms with Crippen LogP contribution in [0.2, 0.25) is 0 Å². The van der Waals surface area contributed by atoms with E-state index in [9.17, 15) is 0 Å². The number of hydrogen-bond donors (Lipinski definition) is 1. The van der Waals surface area contributed by atoms with Crippen molar-refractivity contribution in [1.82, 2.24) is 9.97 Å². The predicted molar refractivity (Wildman–Crippen MR) is 57.1 cm³/mol. The van der Waals surface area contributed by atoms with Crippen LogP contribution in [0.4, 0.5) is 11.6 Å². The van der Waals surface area contributed by atoms with E-state index in [-0.39, 0.29) is 0 Å². The molecule has 0 aromatic carbocycles. The van der Waals surface area contributed by atoms with E-state index >= 15 is 0 Å². The topological polar surface area (TPSA) is 55.0 Å². The second kappa shape index (κ2) is 4.26. The molecule has 0 aliphatic carbocycles. The third kappa shape index (κ3) is 2.13. The monoisotopic (exact) mass is 192 g/mol. The maximum Gasteiger partial charge on any atom is 0.225 e. The Morgan fingerprint density at radius 2 is 1.57 bits per heavy atom. The highest BCUT2D eigenvalue weighted by Crippen LogP contribution is 2.15. The Bertz CT molecular complexity index is 275. The molecule has 14 heavy (non-hydrogen) atoms. The average molecular weight is 192 g/mol. The normalized spacial score (nSPS) is 17.9. The molecule has 1 aromatic rings. The zero-order valence-corrected chi connectivity index (χ0v) is 8.32. The lowest BCUT2D eigenvalue weighted by Gasteiger charge is -2.19. The summed E-state index contributed by atoms with van der Waals surface area (Å²) in [5.41, 5.74) is 6.17. The SMILES string of the molecule is Nc1cnc(N2CCCCCC2)nc1. The van der Waals surface area contributed by atoms with Crippen molar-refractivity contribution in [2.45, 2.75) is 25.7 Å². The van der Waals surface area contributed by atoms with Crippen LogP contribution in [-0.4, -0.2) is 23.1 Å². The molecule has 4 heteroatoms. The molecule has 1 saturated heterocycles. The van der Waals surface area contributed by atoms with Gasteiger partial charge in [0.05, 0.1) is 18.1 Å². The molecule has 4 nitrogen and oxygen atoms in total. The Morgan fingerprint density at radius 1 is 1.00 bits per heavy atom. The van der Waals surface area contributed by atoms with Crippen LogP contribution in [0.1, 0.15) is 25.7 Å². The van der Waals surface area contributed by atoms with Gasteiger partial charge >= 0.3 is 0 Å². The lowest BCUT2D eigenvalue weighted by molar-refractivity contribution is 0.726. The molecule has 0 saturated carbocycles. The van der Waals surface area contributed by atoms with E-state index in [4.69, 9.17) is 5.73 Å². The number of hydrogen-bond acceptors (Lipinski definition) is 4. The first-order chi connectivity index (χ1) is 6.86. The van der Waals surface area contributed by atoms with E-state index in [1.165, 1.54) is 25.7 Å². The standard InChI is InChI=1S/C10H16N4/c11-9-7-12-10(13-8-9)14-5-3-1-2-4-6-14/h7-8H,1-6,11H2. The lowest BCUT2D eigenvalue weighted by atomic mass is 10.2. The van der Waals surface area contributed by atoms with E-state index in [1.54, 1.807) is 12.4 Å². The molecule has 2 rings (SSSR count). The summed E-state index contributed by atoms with van der Waals surface area (Å²) in [5, 5.41) is 0. The third-order valence-corrected chi connectivity index (χ3v) is 2.55. The highest BCUT2D eigenvalue weighted by Gasteiger charge is 2.11. The van der Waals surface area contributed by atoms with E-state index in [2.05, 4.69) is 14.9 Å². The van der Waals surface area contributed by atoms with E-state index in [1.807, 2.05) is 0 Å². The van der Waals surface area contributed by atoms with Gasteiger partial charge in [0.25, 0.3) is 0 Å². The van der Waals surface area contributed by atoms with Crippen LogP contribution in [0.25, 0.3) is 0 Å². The van der Waals surface area contributed by atoms with E-state index in [0.717, 1.165) is 19.0 Å². The Kier molecular flexibility index (Phi) is 2.81. The van der Waals surface area contributed by atoms with Gasteiger partial charge in [-0.1, -0.05) is 12.8 Å². The second-order valence-electron chi connectivity index (χ2n) is 3.72. The maximum atomic E-state index is 5.54. The summed E-state index contributed by atoms with van der Waals surface area (Å²) in [7, 11) is 0. The van der Waals surface area contributed by atoms with Crippen LogP contribution < -0.4 is 10.6 Å². The van der Waals surface area contributed by atoms with Crippen molar-refractivity contribution in [1.29, 1.82) is 0 Å². The molecular formula is C10H16N4. The van der Waals surface area contributed by atoms with Crippen LogP contribution in [0.15, 0.2) is 12.4 Å². The fourth-order valence-electron chi connectivity index (χ4n) is 1.77. The predicted octanol–water partition coefficient (Wildman–Crippen LogP) is 1.44. The first-order valence-electron chi connectivity index (χ1n) is 5.19. The molecule has 0 unspecified atom stereocenters. The highest BCUT2D eigenvalue weighted by molar-refractivity contribution is 5.37. The summed E-state index contributed by atoms with van der Waals surface area (Å²) < 4.78 is 0. The van der Waals surface area contributed by atoms with Crippen molar-refractivity contribution in [2.75, 3.05) is 23.7 Å². The first-order valence-corrected chi connectivity index (χ1v) is 5.19. The van der Waals surface area contributed by atoms with Crippen molar-refractivity contribution in [3.05, 3.63) is 12.4 Å². The highest BCUT2D eigenvalue weighted by atomic mass is 15.2. The number of nitrogen functional groups attached to an aromatic ring is 1. The second-order valence-corrected chi connectivity index (χ2v) is 3.72. The molecule has 1 aliphatic rings. The van der Waals surface area contributed by atoms with E-state index in [0.29, 0.717) is 5.69 Å². The van der Waals surface area contributed by atoms with Gasteiger partial charge in [-0.05, 0) is 12.8 Å². The van der Waals surface area contributed by atoms with Crippen molar-refractivity contribution < 1.29 is 0 Å². The number of nitrogens with two attached hydrogens (primary N) is 1. The van der Waals surface area contributed by atoms with Crippen LogP contribution in [0.3, 0.4) is 0 Å². The molecule has 0 spiro atoms. The van der Waals surface area contributed by atoms with Gasteiger partial charge in [0.1, 0.15) is 0 Å². The summed E-state index contributed by atoms with van der Waals surface area (Å²) in [4.78, 5) is 10.7. The Labute approximate surface area is 84.2 Å². The number of rotatable bonds is 1. The minimum atomic E-state index is 0.628. The molecule has 0 atom stereocenters. The average Bonchev–Trinajstić information content (AvgIpc) is 2.47. The molecule has 2 heterocycles. The van der Waals surface area contributed by atoms with Gasteiger partial charge in [0.2, 0.25) is 5.95 Å². The van der Waals surface area contributed by atoms with Crippen molar-refractivity contribution in [2.24, 2.45) is 0 Å². The van der Waals surface area contributed by atoms with Gasteiger partial charge in [0, 0.05) is 13.1 Å². The Hall–Kier alpha value is -1.32. The zero-order chi connectivity index (χ0) is 9.80. The van der Waals surface area contributed by atoms with E-state index < -0.39 is 0 Å². The summed E-state index contributed by atoms with van der Waals surface area (Å²) in [6, 6.07) is 0. The Balaban J connectivity index is 2.08. The number of aromatic nitrogens is 2. The van der Waals surface area contributed by atoms with Crippen molar-refractivity contribution >= 4 is 11.6 Å². The van der Waals surface area contributed by atoms with Gasteiger partial charge < -0.3 is 10.6 Å². The quantitative estimate of drug-likeness (QED) is 0.731. The van der Waals surface area contributed by atoms with Crippen LogP contribution in [0.5, 0.6) is 0 Å². The minimum Gasteiger partial charge on any atom is -0.396 e. The van der Waals surface area contributed by atoms with Crippen LogP contribution >= 0.6 is 0 Å².